The van der Waals surface area contributed by atoms with Gasteiger partial charge in [0.15, 0.2) is 0 Å². The summed E-state index contributed by atoms with van der Waals surface area (Å²) in [6, 6.07) is 5.03. The predicted octanol–water partition coefficient (Wildman–Crippen LogP) is -0.0491. The van der Waals surface area contributed by atoms with Crippen LogP contribution in [-0.2, 0) is 11.2 Å². The van der Waals surface area contributed by atoms with Crippen LogP contribution in [0.2, 0.25) is 0 Å². The van der Waals surface area contributed by atoms with E-state index in [9.17, 15) is 9.59 Å². The average molecular weight is 203 g/mol. The zero-order valence-corrected chi connectivity index (χ0v) is 7.86. The first-order chi connectivity index (χ1) is 7.16. The third kappa shape index (κ3) is 1.85. The summed E-state index contributed by atoms with van der Waals surface area (Å²) in [7, 11) is 0. The van der Waals surface area contributed by atoms with Crippen LogP contribution in [0.25, 0.3) is 10.9 Å². The molecule has 0 unspecified atom stereocenters. The van der Waals surface area contributed by atoms with E-state index in [1.54, 1.807) is 18.2 Å². The Hall–Kier alpha value is -2.17. The highest BCUT2D eigenvalue weighted by atomic mass is 16.1. The fourth-order valence-corrected chi connectivity index (χ4v) is 1.43. The molecule has 0 bridgehead atoms. The number of nitrogens with one attached hydrogen (secondary N) is 1. The van der Waals surface area contributed by atoms with Crippen LogP contribution in [0.3, 0.4) is 0 Å². The lowest BCUT2D eigenvalue weighted by molar-refractivity contribution is -0.117. The smallest absolute Gasteiger partial charge is 0.258 e. The number of amides is 1. The number of hydrogen-bond acceptors (Lipinski definition) is 3. The van der Waals surface area contributed by atoms with Gasteiger partial charge in [-0.25, -0.2) is 4.98 Å². The Kier molecular flexibility index (Phi) is 2.21. The molecule has 15 heavy (non-hydrogen) atoms. The second-order valence-electron chi connectivity index (χ2n) is 3.23. The summed E-state index contributed by atoms with van der Waals surface area (Å²) >= 11 is 0. The number of nitrogens with zero attached hydrogens (tertiary/aromatic N) is 1. The number of nitrogens with two attached hydrogens (primary N) is 1. The molecule has 0 saturated heterocycles. The Morgan fingerprint density at radius 3 is 3.00 bits per heavy atom. The van der Waals surface area contributed by atoms with E-state index in [4.69, 9.17) is 5.73 Å². The van der Waals surface area contributed by atoms with Crippen molar-refractivity contribution in [3.63, 3.8) is 0 Å². The summed E-state index contributed by atoms with van der Waals surface area (Å²) < 4.78 is 0. The molecule has 1 aromatic carbocycles. The number of hydrogen-bond donors (Lipinski definition) is 2. The van der Waals surface area contributed by atoms with Crippen LogP contribution in [0.5, 0.6) is 0 Å². The van der Waals surface area contributed by atoms with Gasteiger partial charge in [0.1, 0.15) is 0 Å². The fourth-order valence-electron chi connectivity index (χ4n) is 1.43. The van der Waals surface area contributed by atoms with Gasteiger partial charge in [0, 0.05) is 0 Å². The van der Waals surface area contributed by atoms with Gasteiger partial charge in [-0.15, -0.1) is 0 Å². The Morgan fingerprint density at radius 2 is 2.27 bits per heavy atom. The van der Waals surface area contributed by atoms with E-state index >= 15 is 0 Å². The van der Waals surface area contributed by atoms with Crippen LogP contribution in [0.1, 0.15) is 5.56 Å². The minimum Gasteiger partial charge on any atom is -0.369 e. The van der Waals surface area contributed by atoms with Crippen LogP contribution in [0, 0.1) is 0 Å². The van der Waals surface area contributed by atoms with Gasteiger partial charge in [0.05, 0.1) is 23.7 Å². The molecule has 0 spiro atoms. The SMILES string of the molecule is NC(=O)Cc1ccc2c(=O)[nH]cnc2c1. The lowest BCUT2D eigenvalue weighted by atomic mass is 10.1. The molecular formula is C10H9N3O2. The molecule has 5 heteroatoms. The highest BCUT2D eigenvalue weighted by Gasteiger charge is 2.02. The molecule has 3 N–H and O–H groups in total. The van der Waals surface area contributed by atoms with E-state index in [1.807, 2.05) is 0 Å². The summed E-state index contributed by atoms with van der Waals surface area (Å²) in [6.45, 7) is 0. The predicted molar refractivity (Wildman–Crippen MR) is 55.3 cm³/mol. The largest absolute Gasteiger partial charge is 0.369 e. The van der Waals surface area contributed by atoms with Gasteiger partial charge < -0.3 is 10.7 Å². The average Bonchev–Trinajstić information content (AvgIpc) is 2.17. The topological polar surface area (TPSA) is 88.8 Å². The normalized spacial score (nSPS) is 10.4. The van der Waals surface area contributed by atoms with Gasteiger partial charge in [0.2, 0.25) is 5.91 Å². The van der Waals surface area contributed by atoms with Crippen molar-refractivity contribution in [2.24, 2.45) is 5.73 Å². The molecule has 0 fully saturated rings. The molecule has 1 aromatic heterocycles. The van der Waals surface area contributed by atoms with Crippen LogP contribution in [0.4, 0.5) is 0 Å². The second kappa shape index (κ2) is 3.53. The fraction of sp³-hybridized carbons (Fsp3) is 0.100. The van der Waals surface area contributed by atoms with Crippen molar-refractivity contribution >= 4 is 16.8 Å². The second-order valence-corrected chi connectivity index (χ2v) is 3.23. The summed E-state index contributed by atoms with van der Waals surface area (Å²) in [5.74, 6) is -0.404. The van der Waals surface area contributed by atoms with Crippen LogP contribution < -0.4 is 11.3 Å². The quantitative estimate of drug-likeness (QED) is 0.717. The maximum Gasteiger partial charge on any atom is 0.258 e. The molecule has 0 saturated carbocycles. The summed E-state index contributed by atoms with van der Waals surface area (Å²) in [6.07, 6.45) is 1.49. The van der Waals surface area contributed by atoms with Crippen molar-refractivity contribution in [2.45, 2.75) is 6.42 Å². The number of aromatic amines is 1. The molecule has 2 rings (SSSR count). The van der Waals surface area contributed by atoms with Crippen LogP contribution in [0.15, 0.2) is 29.3 Å². The van der Waals surface area contributed by atoms with Crippen molar-refractivity contribution in [2.75, 3.05) is 0 Å². The molecule has 2 aromatic rings. The van der Waals surface area contributed by atoms with E-state index in [-0.39, 0.29) is 12.0 Å². The lowest BCUT2D eigenvalue weighted by Crippen LogP contribution is -2.14. The maximum absolute atomic E-state index is 11.3. The number of carbonyl (C=O) groups is 1. The van der Waals surface area contributed by atoms with Crippen molar-refractivity contribution < 1.29 is 4.79 Å². The van der Waals surface area contributed by atoms with E-state index in [0.717, 1.165) is 5.56 Å². The molecule has 0 atom stereocenters. The molecule has 76 valence electrons. The molecule has 0 radical (unpaired) electrons. The van der Waals surface area contributed by atoms with Gasteiger partial charge in [-0.05, 0) is 17.7 Å². The number of fused-ring (bicyclic) bond motifs is 1. The van der Waals surface area contributed by atoms with Gasteiger partial charge >= 0.3 is 0 Å². The number of primary amides is 1. The van der Waals surface area contributed by atoms with Crippen LogP contribution >= 0.6 is 0 Å². The summed E-state index contributed by atoms with van der Waals surface area (Å²) in [5.41, 5.74) is 6.21. The number of benzene rings is 1. The highest BCUT2D eigenvalue weighted by molar-refractivity contribution is 5.81. The van der Waals surface area contributed by atoms with E-state index in [0.29, 0.717) is 10.9 Å². The molecule has 0 aliphatic carbocycles. The summed E-state index contributed by atoms with van der Waals surface area (Å²) in [5, 5.41) is 0.505. The van der Waals surface area contributed by atoms with E-state index in [2.05, 4.69) is 9.97 Å². The number of carbonyl (C=O) groups excluding carboxylic acids is 1. The van der Waals surface area contributed by atoms with Crippen molar-refractivity contribution in [3.05, 3.63) is 40.4 Å². The molecule has 5 nitrogen and oxygen atoms in total. The zero-order chi connectivity index (χ0) is 10.8. The lowest BCUT2D eigenvalue weighted by Gasteiger charge is -1.99. The third-order valence-corrected chi connectivity index (χ3v) is 2.08. The maximum atomic E-state index is 11.3. The first-order valence-electron chi connectivity index (χ1n) is 4.41. The third-order valence-electron chi connectivity index (χ3n) is 2.08. The highest BCUT2D eigenvalue weighted by Crippen LogP contribution is 2.09. The Labute approximate surface area is 84.9 Å². The van der Waals surface area contributed by atoms with E-state index < -0.39 is 5.91 Å². The molecule has 1 amide bonds. The molecule has 0 aliphatic rings. The van der Waals surface area contributed by atoms with Gasteiger partial charge in [0.25, 0.3) is 5.56 Å². The Bertz CT molecular complexity index is 574. The molecule has 0 aliphatic heterocycles. The Morgan fingerprint density at radius 1 is 1.47 bits per heavy atom. The minimum absolute atomic E-state index is 0.157. The minimum atomic E-state index is -0.404. The number of rotatable bonds is 2. The monoisotopic (exact) mass is 203 g/mol. The summed E-state index contributed by atoms with van der Waals surface area (Å²) in [4.78, 5) is 28.5. The van der Waals surface area contributed by atoms with Crippen molar-refractivity contribution in [1.82, 2.24) is 9.97 Å². The first kappa shape index (κ1) is 9.39. The van der Waals surface area contributed by atoms with E-state index in [1.165, 1.54) is 6.33 Å². The van der Waals surface area contributed by atoms with Gasteiger partial charge in [-0.2, -0.15) is 0 Å². The first-order valence-corrected chi connectivity index (χ1v) is 4.41. The zero-order valence-electron chi connectivity index (χ0n) is 7.86. The number of H-pyrrole nitrogens is 1. The standard InChI is InChI=1S/C10H9N3O2/c11-9(14)4-6-1-2-7-8(3-6)12-5-13-10(7)15/h1-3,5H,4H2,(H2,11,14)(H,12,13,15). The van der Waals surface area contributed by atoms with Crippen molar-refractivity contribution in [1.29, 1.82) is 0 Å². The van der Waals surface area contributed by atoms with Gasteiger partial charge in [-0.3, -0.25) is 9.59 Å². The molecule has 1 heterocycles. The number of aromatic nitrogens is 2. The Balaban J connectivity index is 2.57. The van der Waals surface area contributed by atoms with Gasteiger partial charge in [-0.1, -0.05) is 6.07 Å². The molecular weight excluding hydrogens is 194 g/mol. The van der Waals surface area contributed by atoms with Crippen LogP contribution in [-0.4, -0.2) is 15.9 Å². The van der Waals surface area contributed by atoms with Crippen molar-refractivity contribution in [3.8, 4) is 0 Å².